The standard InChI is InChI=1S/C13H21BrN2/c1-4-16(5-2)9-8-15-13-10-12(14)7-6-11(13)3/h6-7,10,15H,4-5,8-9H2,1-3H3. The Kier molecular flexibility index (Phi) is 5.85. The van der Waals surface area contributed by atoms with Crippen molar-refractivity contribution >= 4 is 21.6 Å². The molecule has 90 valence electrons. The highest BCUT2D eigenvalue weighted by molar-refractivity contribution is 9.10. The van der Waals surface area contributed by atoms with E-state index in [4.69, 9.17) is 0 Å². The van der Waals surface area contributed by atoms with Gasteiger partial charge in [-0.15, -0.1) is 0 Å². The second-order valence-corrected chi connectivity index (χ2v) is 4.83. The number of nitrogens with one attached hydrogen (secondary N) is 1. The average Bonchev–Trinajstić information content (AvgIpc) is 2.29. The summed E-state index contributed by atoms with van der Waals surface area (Å²) in [6.45, 7) is 10.9. The molecular weight excluding hydrogens is 264 g/mol. The number of hydrogen-bond acceptors (Lipinski definition) is 2. The van der Waals surface area contributed by atoms with Gasteiger partial charge in [0.2, 0.25) is 0 Å². The van der Waals surface area contributed by atoms with Crippen molar-refractivity contribution in [3.8, 4) is 0 Å². The lowest BCUT2D eigenvalue weighted by atomic mass is 10.2. The molecule has 0 aliphatic heterocycles. The third kappa shape index (κ3) is 4.14. The molecule has 1 aromatic carbocycles. The molecule has 1 aromatic rings. The van der Waals surface area contributed by atoms with Crippen LogP contribution in [0.2, 0.25) is 0 Å². The van der Waals surface area contributed by atoms with Crippen LogP contribution in [-0.2, 0) is 0 Å². The van der Waals surface area contributed by atoms with Gasteiger partial charge in [0.15, 0.2) is 0 Å². The van der Waals surface area contributed by atoms with Gasteiger partial charge in [-0.1, -0.05) is 35.8 Å². The lowest BCUT2D eigenvalue weighted by Gasteiger charge is -2.19. The van der Waals surface area contributed by atoms with Gasteiger partial charge in [0.05, 0.1) is 0 Å². The number of anilines is 1. The van der Waals surface area contributed by atoms with Crippen molar-refractivity contribution in [3.05, 3.63) is 28.2 Å². The number of nitrogens with zero attached hydrogens (tertiary/aromatic N) is 1. The largest absolute Gasteiger partial charge is 0.384 e. The van der Waals surface area contributed by atoms with Gasteiger partial charge in [-0.3, -0.25) is 0 Å². The summed E-state index contributed by atoms with van der Waals surface area (Å²) >= 11 is 3.49. The second kappa shape index (κ2) is 6.92. The van der Waals surface area contributed by atoms with Gasteiger partial charge < -0.3 is 10.2 Å². The van der Waals surface area contributed by atoms with Gasteiger partial charge in [-0.2, -0.15) is 0 Å². The molecule has 0 saturated carbocycles. The van der Waals surface area contributed by atoms with E-state index < -0.39 is 0 Å². The van der Waals surface area contributed by atoms with E-state index in [1.807, 2.05) is 0 Å². The van der Waals surface area contributed by atoms with Crippen molar-refractivity contribution in [2.75, 3.05) is 31.5 Å². The first-order valence-electron chi connectivity index (χ1n) is 5.89. The summed E-state index contributed by atoms with van der Waals surface area (Å²) in [5.41, 5.74) is 2.52. The molecule has 0 unspecified atom stereocenters. The van der Waals surface area contributed by atoms with Crippen molar-refractivity contribution in [1.29, 1.82) is 0 Å². The zero-order valence-corrected chi connectivity index (χ0v) is 12.0. The molecule has 0 radical (unpaired) electrons. The summed E-state index contributed by atoms with van der Waals surface area (Å²) in [7, 11) is 0. The molecule has 1 rings (SSSR count). The van der Waals surface area contributed by atoms with Crippen LogP contribution in [0.4, 0.5) is 5.69 Å². The number of benzene rings is 1. The molecule has 0 fully saturated rings. The predicted molar refractivity (Wildman–Crippen MR) is 75.2 cm³/mol. The number of rotatable bonds is 6. The lowest BCUT2D eigenvalue weighted by molar-refractivity contribution is 0.316. The summed E-state index contributed by atoms with van der Waals surface area (Å²) < 4.78 is 1.13. The van der Waals surface area contributed by atoms with Crippen molar-refractivity contribution in [3.63, 3.8) is 0 Å². The SMILES string of the molecule is CCN(CC)CCNc1cc(Br)ccc1C. The maximum atomic E-state index is 3.49. The molecule has 0 bridgehead atoms. The minimum atomic E-state index is 0.999. The van der Waals surface area contributed by atoms with Crippen LogP contribution in [0.3, 0.4) is 0 Å². The zero-order chi connectivity index (χ0) is 12.0. The molecule has 0 saturated heterocycles. The minimum absolute atomic E-state index is 0.999. The molecule has 0 aliphatic rings. The number of likely N-dealkylation sites (N-methyl/N-ethyl adjacent to an activating group) is 1. The van der Waals surface area contributed by atoms with Crippen LogP contribution in [0.15, 0.2) is 22.7 Å². The number of hydrogen-bond donors (Lipinski definition) is 1. The van der Waals surface area contributed by atoms with Gasteiger partial charge in [0.1, 0.15) is 0 Å². The summed E-state index contributed by atoms with van der Waals surface area (Å²) in [6, 6.07) is 6.34. The van der Waals surface area contributed by atoms with Crippen LogP contribution in [0.25, 0.3) is 0 Å². The van der Waals surface area contributed by atoms with Gasteiger partial charge in [0.25, 0.3) is 0 Å². The Hall–Kier alpha value is -0.540. The third-order valence-electron chi connectivity index (χ3n) is 2.84. The van der Waals surface area contributed by atoms with Gasteiger partial charge >= 0.3 is 0 Å². The maximum absolute atomic E-state index is 3.49. The Bertz CT molecular complexity index is 322. The van der Waals surface area contributed by atoms with Crippen LogP contribution in [0.1, 0.15) is 19.4 Å². The second-order valence-electron chi connectivity index (χ2n) is 3.91. The summed E-state index contributed by atoms with van der Waals surface area (Å²) in [5.74, 6) is 0. The summed E-state index contributed by atoms with van der Waals surface area (Å²) in [6.07, 6.45) is 0. The minimum Gasteiger partial charge on any atom is -0.384 e. The lowest BCUT2D eigenvalue weighted by Crippen LogP contribution is -2.28. The molecule has 0 aromatic heterocycles. The fourth-order valence-electron chi connectivity index (χ4n) is 1.67. The van der Waals surface area contributed by atoms with Crippen LogP contribution < -0.4 is 5.32 Å². The van der Waals surface area contributed by atoms with Gasteiger partial charge in [0, 0.05) is 23.2 Å². The summed E-state index contributed by atoms with van der Waals surface area (Å²) in [5, 5.41) is 3.48. The highest BCUT2D eigenvalue weighted by atomic mass is 79.9. The van der Waals surface area contributed by atoms with E-state index in [-0.39, 0.29) is 0 Å². The van der Waals surface area contributed by atoms with Gasteiger partial charge in [-0.25, -0.2) is 0 Å². The molecule has 0 amide bonds. The summed E-state index contributed by atoms with van der Waals surface area (Å²) in [4.78, 5) is 2.42. The first kappa shape index (κ1) is 13.5. The highest BCUT2D eigenvalue weighted by Crippen LogP contribution is 2.20. The normalized spacial score (nSPS) is 10.8. The Balaban J connectivity index is 2.45. The van der Waals surface area contributed by atoms with E-state index in [1.165, 1.54) is 11.3 Å². The molecule has 1 N–H and O–H groups in total. The molecule has 0 spiro atoms. The first-order chi connectivity index (χ1) is 7.67. The Morgan fingerprint density at radius 1 is 1.25 bits per heavy atom. The van der Waals surface area contributed by atoms with Crippen LogP contribution in [-0.4, -0.2) is 31.1 Å². The predicted octanol–water partition coefficient (Wildman–Crippen LogP) is 3.51. The maximum Gasteiger partial charge on any atom is 0.0381 e. The topological polar surface area (TPSA) is 15.3 Å². The molecular formula is C13H21BrN2. The number of aryl methyl sites for hydroxylation is 1. The third-order valence-corrected chi connectivity index (χ3v) is 3.33. The monoisotopic (exact) mass is 284 g/mol. The Morgan fingerprint density at radius 2 is 1.94 bits per heavy atom. The number of halogens is 1. The van der Waals surface area contributed by atoms with Crippen LogP contribution >= 0.6 is 15.9 Å². The van der Waals surface area contributed by atoms with E-state index in [1.54, 1.807) is 0 Å². The van der Waals surface area contributed by atoms with E-state index in [0.717, 1.165) is 30.7 Å². The molecule has 2 nitrogen and oxygen atoms in total. The quantitative estimate of drug-likeness (QED) is 0.860. The van der Waals surface area contributed by atoms with Crippen LogP contribution in [0.5, 0.6) is 0 Å². The fourth-order valence-corrected chi connectivity index (χ4v) is 2.03. The van der Waals surface area contributed by atoms with Crippen molar-refractivity contribution in [2.45, 2.75) is 20.8 Å². The highest BCUT2D eigenvalue weighted by Gasteiger charge is 2.00. The van der Waals surface area contributed by atoms with Crippen LogP contribution in [0, 0.1) is 6.92 Å². The van der Waals surface area contributed by atoms with E-state index >= 15 is 0 Å². The fraction of sp³-hybridized carbons (Fsp3) is 0.538. The van der Waals surface area contributed by atoms with Crippen molar-refractivity contribution < 1.29 is 0 Å². The Morgan fingerprint density at radius 3 is 2.56 bits per heavy atom. The van der Waals surface area contributed by atoms with E-state index in [0.29, 0.717) is 0 Å². The first-order valence-corrected chi connectivity index (χ1v) is 6.69. The Labute approximate surface area is 107 Å². The zero-order valence-electron chi connectivity index (χ0n) is 10.4. The smallest absolute Gasteiger partial charge is 0.0381 e. The molecule has 0 atom stereocenters. The molecule has 0 heterocycles. The van der Waals surface area contributed by atoms with E-state index in [2.05, 4.69) is 65.1 Å². The molecule has 16 heavy (non-hydrogen) atoms. The van der Waals surface area contributed by atoms with E-state index in [9.17, 15) is 0 Å². The van der Waals surface area contributed by atoms with Crippen molar-refractivity contribution in [2.24, 2.45) is 0 Å². The molecule has 3 heteroatoms. The van der Waals surface area contributed by atoms with Crippen molar-refractivity contribution in [1.82, 2.24) is 4.90 Å². The van der Waals surface area contributed by atoms with Gasteiger partial charge in [-0.05, 0) is 37.7 Å². The average molecular weight is 285 g/mol. The molecule has 0 aliphatic carbocycles.